The van der Waals surface area contributed by atoms with Crippen molar-refractivity contribution >= 4 is 20.8 Å². The Morgan fingerprint density at radius 1 is 1.37 bits per heavy atom. The van der Waals surface area contributed by atoms with E-state index >= 15 is 0 Å². The van der Waals surface area contributed by atoms with Gasteiger partial charge < -0.3 is 9.26 Å². The molecule has 0 aliphatic carbocycles. The monoisotopic (exact) mass is 416 g/mol. The molecule has 0 radical (unpaired) electrons. The Bertz CT molecular complexity index is 969. The molecule has 3 heterocycles. The third-order valence-corrected chi connectivity index (χ3v) is 5.56. The van der Waals surface area contributed by atoms with E-state index < -0.39 is 26.2 Å². The molecule has 1 aromatic heterocycles. The van der Waals surface area contributed by atoms with Crippen LogP contribution < -0.4 is 10.1 Å². The molecule has 2 aromatic rings. The van der Waals surface area contributed by atoms with Crippen molar-refractivity contribution in [1.29, 1.82) is 0 Å². The van der Waals surface area contributed by atoms with Gasteiger partial charge in [0.05, 0.1) is 25.5 Å². The van der Waals surface area contributed by atoms with Gasteiger partial charge in [-0.15, -0.1) is 0 Å². The van der Waals surface area contributed by atoms with E-state index in [4.69, 9.17) is 30.5 Å². The number of rotatable bonds is 4. The Labute approximate surface area is 158 Å². The van der Waals surface area contributed by atoms with Crippen LogP contribution in [-0.4, -0.2) is 22.3 Å². The Balaban J connectivity index is 1.33. The summed E-state index contributed by atoms with van der Waals surface area (Å²) in [5, 5.41) is 0. The van der Waals surface area contributed by atoms with Gasteiger partial charge in [-0.2, -0.15) is 4.39 Å². The minimum Gasteiger partial charge on any atom is -0.426 e. The topological polar surface area (TPSA) is 74.7 Å². The van der Waals surface area contributed by atoms with Gasteiger partial charge >= 0.3 is 8.60 Å². The first-order valence-corrected chi connectivity index (χ1v) is 9.69. The Kier molecular flexibility index (Phi) is 5.34. The number of ether oxygens (including phenoxy) is 1. The van der Waals surface area contributed by atoms with E-state index in [-0.39, 0.29) is 29.9 Å². The lowest BCUT2D eigenvalue weighted by Crippen LogP contribution is -2.21. The molecule has 2 aliphatic rings. The van der Waals surface area contributed by atoms with E-state index in [0.717, 1.165) is 6.20 Å². The summed E-state index contributed by atoms with van der Waals surface area (Å²) in [5.74, 6) is -0.737. The maximum Gasteiger partial charge on any atom is 0.397 e. The Morgan fingerprint density at radius 2 is 2.22 bits per heavy atom. The first-order chi connectivity index (χ1) is 13.0. The highest BCUT2D eigenvalue weighted by Crippen LogP contribution is 2.47. The van der Waals surface area contributed by atoms with Crippen LogP contribution in [0, 0.1) is 16.4 Å². The minimum absolute atomic E-state index is 0.0973. The molecule has 1 saturated heterocycles. The summed E-state index contributed by atoms with van der Waals surface area (Å²) in [5.41, 5.74) is -0.229. The molecule has 3 unspecified atom stereocenters. The van der Waals surface area contributed by atoms with Crippen LogP contribution in [0.15, 0.2) is 29.2 Å². The maximum absolute atomic E-state index is 13.5. The molecular formula is C16H15F2N2O5PS. The van der Waals surface area contributed by atoms with Gasteiger partial charge in [0.1, 0.15) is 17.8 Å². The van der Waals surface area contributed by atoms with Crippen LogP contribution in [0.5, 0.6) is 5.75 Å². The average Bonchev–Trinajstić information content (AvgIpc) is 3.11. The number of benzene rings is 1. The van der Waals surface area contributed by atoms with Crippen LogP contribution in [0.1, 0.15) is 24.6 Å². The molecule has 0 bridgehead atoms. The lowest BCUT2D eigenvalue weighted by Gasteiger charge is -2.24. The second-order valence-electron chi connectivity index (χ2n) is 6.07. The van der Waals surface area contributed by atoms with Gasteiger partial charge in [0.2, 0.25) is 5.82 Å². The van der Waals surface area contributed by atoms with Crippen LogP contribution in [0.25, 0.3) is 0 Å². The number of H-pyrrole nitrogens is 1. The molecule has 2 aliphatic heterocycles. The predicted molar refractivity (Wildman–Crippen MR) is 93.7 cm³/mol. The maximum atomic E-state index is 13.5. The summed E-state index contributed by atoms with van der Waals surface area (Å²) in [4.78, 5) is 13.5. The molecule has 4 rings (SSSR count). The van der Waals surface area contributed by atoms with Crippen molar-refractivity contribution in [2.45, 2.75) is 31.8 Å². The third kappa shape index (κ3) is 4.09. The summed E-state index contributed by atoms with van der Waals surface area (Å²) >= 11 is 5.05. The highest BCUT2D eigenvalue weighted by atomic mass is 32.1. The van der Waals surface area contributed by atoms with Gasteiger partial charge in [-0.25, -0.2) is 4.39 Å². The van der Waals surface area contributed by atoms with Crippen molar-refractivity contribution in [3.05, 3.63) is 56.7 Å². The molecule has 1 aromatic carbocycles. The molecule has 27 heavy (non-hydrogen) atoms. The quantitative estimate of drug-likeness (QED) is 0.605. The van der Waals surface area contributed by atoms with Crippen molar-refractivity contribution in [3.63, 3.8) is 0 Å². The average molecular weight is 416 g/mol. The number of hydrogen-bond donors (Lipinski definition) is 1. The predicted octanol–water partition coefficient (Wildman–Crippen LogP) is 3.71. The lowest BCUT2D eigenvalue weighted by atomic mass is 10.2. The minimum atomic E-state index is -1.61. The SMILES string of the molecule is O=c1[nH]c(=S)n(C2CCC(COP3OCc4cc(F)ccc4O3)O2)cc1F. The second kappa shape index (κ2) is 7.73. The molecule has 1 N–H and O–H groups in total. The number of nitrogens with zero attached hydrogens (tertiary/aromatic N) is 1. The number of hydrogen-bond acceptors (Lipinski definition) is 6. The van der Waals surface area contributed by atoms with Crippen molar-refractivity contribution < 1.29 is 27.1 Å². The molecule has 144 valence electrons. The van der Waals surface area contributed by atoms with E-state index in [2.05, 4.69) is 4.98 Å². The highest BCUT2D eigenvalue weighted by Gasteiger charge is 2.30. The van der Waals surface area contributed by atoms with E-state index in [1.807, 2.05) is 0 Å². The normalized spacial score (nSPS) is 24.4. The highest BCUT2D eigenvalue weighted by molar-refractivity contribution is 7.71. The number of aromatic amines is 1. The fourth-order valence-corrected chi connectivity index (χ4v) is 4.19. The third-order valence-electron chi connectivity index (χ3n) is 4.21. The lowest BCUT2D eigenvalue weighted by molar-refractivity contribution is -0.0224. The zero-order valence-corrected chi connectivity index (χ0v) is 15.6. The molecule has 1 fully saturated rings. The van der Waals surface area contributed by atoms with Gasteiger partial charge in [0, 0.05) is 5.56 Å². The van der Waals surface area contributed by atoms with Crippen LogP contribution in [0.2, 0.25) is 0 Å². The van der Waals surface area contributed by atoms with E-state index in [0.29, 0.717) is 24.2 Å². The standard InChI is InChI=1S/C16H15F2N2O5PS/c17-10-1-3-13-9(5-10)7-22-26(25-13)23-8-11-2-4-14(24-11)20-6-12(18)15(21)19-16(20)27/h1,3,5-6,11,14H,2,4,7-8H2,(H,19,21,27). The zero-order valence-electron chi connectivity index (χ0n) is 13.9. The summed E-state index contributed by atoms with van der Waals surface area (Å²) in [6, 6.07) is 4.22. The largest absolute Gasteiger partial charge is 0.426 e. The summed E-state index contributed by atoms with van der Waals surface area (Å²) in [7, 11) is -1.61. The van der Waals surface area contributed by atoms with Crippen molar-refractivity contribution in [1.82, 2.24) is 9.55 Å². The number of nitrogens with one attached hydrogen (secondary N) is 1. The molecule has 7 nitrogen and oxygen atoms in total. The van der Waals surface area contributed by atoms with Crippen LogP contribution >= 0.6 is 20.8 Å². The van der Waals surface area contributed by atoms with Gasteiger partial charge in [0.15, 0.2) is 4.77 Å². The first kappa shape index (κ1) is 18.6. The van der Waals surface area contributed by atoms with Crippen molar-refractivity contribution in [2.75, 3.05) is 6.61 Å². The Morgan fingerprint density at radius 3 is 3.07 bits per heavy atom. The van der Waals surface area contributed by atoms with E-state index in [1.54, 1.807) is 6.07 Å². The van der Waals surface area contributed by atoms with E-state index in [1.165, 1.54) is 16.7 Å². The zero-order chi connectivity index (χ0) is 19.0. The second-order valence-corrected chi connectivity index (χ2v) is 7.60. The van der Waals surface area contributed by atoms with Gasteiger partial charge in [-0.1, -0.05) is 0 Å². The van der Waals surface area contributed by atoms with Gasteiger partial charge in [-0.05, 0) is 43.3 Å². The van der Waals surface area contributed by atoms with Crippen LogP contribution in [-0.2, 0) is 20.4 Å². The molecule has 3 atom stereocenters. The van der Waals surface area contributed by atoms with Crippen molar-refractivity contribution in [3.8, 4) is 5.75 Å². The Hall–Kier alpha value is -1.71. The molecule has 0 spiro atoms. The molecule has 0 saturated carbocycles. The first-order valence-electron chi connectivity index (χ1n) is 8.18. The fraction of sp³-hybridized carbons (Fsp3) is 0.375. The van der Waals surface area contributed by atoms with Crippen LogP contribution in [0.4, 0.5) is 8.78 Å². The fourth-order valence-electron chi connectivity index (χ4n) is 2.88. The smallest absolute Gasteiger partial charge is 0.397 e. The summed E-state index contributed by atoms with van der Waals surface area (Å²) in [6.45, 7) is 0.427. The molecule has 11 heteroatoms. The van der Waals surface area contributed by atoms with Crippen LogP contribution in [0.3, 0.4) is 0 Å². The summed E-state index contributed by atoms with van der Waals surface area (Å²) < 4.78 is 50.7. The number of fused-ring (bicyclic) bond motifs is 1. The van der Waals surface area contributed by atoms with Gasteiger partial charge in [-0.3, -0.25) is 23.4 Å². The molecular weight excluding hydrogens is 401 g/mol. The van der Waals surface area contributed by atoms with E-state index in [9.17, 15) is 13.6 Å². The molecule has 0 amide bonds. The summed E-state index contributed by atoms with van der Waals surface area (Å²) in [6.07, 6.45) is 1.56. The van der Waals surface area contributed by atoms with Gasteiger partial charge in [0.25, 0.3) is 5.56 Å². The number of aromatic nitrogens is 2. The van der Waals surface area contributed by atoms with Crippen molar-refractivity contribution in [2.24, 2.45) is 0 Å². The number of halogens is 2.